The number of nitrogen functional groups attached to an aromatic ring is 1. The summed E-state index contributed by atoms with van der Waals surface area (Å²) in [6.45, 7) is 0. The molecule has 4 nitrogen and oxygen atoms in total. The molecule has 0 fully saturated rings. The number of benzene rings is 3. The first-order valence-electron chi connectivity index (χ1n) is 7.83. The smallest absolute Gasteiger partial charge is 0.256 e. The largest absolute Gasteiger partial charge is 0.375 e. The molecule has 4 rings (SSSR count). The minimum atomic E-state index is -0.169. The van der Waals surface area contributed by atoms with Crippen molar-refractivity contribution < 1.29 is 4.79 Å². The lowest BCUT2D eigenvalue weighted by Crippen LogP contribution is -2.12. The first-order chi connectivity index (χ1) is 12.2. The molecule has 0 aliphatic rings. The summed E-state index contributed by atoms with van der Waals surface area (Å²) in [5.41, 5.74) is 8.12. The van der Waals surface area contributed by atoms with Gasteiger partial charge in [0, 0.05) is 11.1 Å². The molecule has 25 heavy (non-hydrogen) atoms. The third kappa shape index (κ3) is 2.97. The molecule has 1 heterocycles. The van der Waals surface area contributed by atoms with Crippen LogP contribution in [0.3, 0.4) is 0 Å². The second kappa shape index (κ2) is 6.37. The molecule has 1 amide bonds. The molecular formula is C20H15N3OS. The average molecular weight is 345 g/mol. The Morgan fingerprint density at radius 3 is 2.48 bits per heavy atom. The average Bonchev–Trinajstić information content (AvgIpc) is 3.02. The SMILES string of the molecule is Nc1nc(-c2ccccc2)c(NC(=O)c2cccc3ccccc23)s1. The van der Waals surface area contributed by atoms with Gasteiger partial charge in [0.15, 0.2) is 5.13 Å². The summed E-state index contributed by atoms with van der Waals surface area (Å²) in [5, 5.41) is 6.00. The number of amides is 1. The Morgan fingerprint density at radius 1 is 0.920 bits per heavy atom. The summed E-state index contributed by atoms with van der Waals surface area (Å²) < 4.78 is 0. The molecule has 122 valence electrons. The van der Waals surface area contributed by atoms with Crippen LogP contribution in [0, 0.1) is 0 Å². The lowest BCUT2D eigenvalue weighted by atomic mass is 10.0. The molecule has 0 bridgehead atoms. The van der Waals surface area contributed by atoms with E-state index in [1.807, 2.05) is 72.8 Å². The van der Waals surface area contributed by atoms with E-state index in [9.17, 15) is 4.79 Å². The highest BCUT2D eigenvalue weighted by Crippen LogP contribution is 2.35. The van der Waals surface area contributed by atoms with Crippen molar-refractivity contribution in [1.82, 2.24) is 4.98 Å². The summed E-state index contributed by atoms with van der Waals surface area (Å²) in [6, 6.07) is 23.2. The van der Waals surface area contributed by atoms with Crippen LogP contribution in [0.1, 0.15) is 10.4 Å². The lowest BCUT2D eigenvalue weighted by Gasteiger charge is -2.08. The fraction of sp³-hybridized carbons (Fsp3) is 0. The molecule has 0 spiro atoms. The van der Waals surface area contributed by atoms with E-state index in [0.29, 0.717) is 21.4 Å². The van der Waals surface area contributed by atoms with Crippen LogP contribution < -0.4 is 11.1 Å². The van der Waals surface area contributed by atoms with E-state index in [1.54, 1.807) is 0 Å². The molecule has 3 aromatic carbocycles. The van der Waals surface area contributed by atoms with Crippen LogP contribution in [0.15, 0.2) is 72.8 Å². The van der Waals surface area contributed by atoms with Crippen molar-refractivity contribution >= 4 is 38.1 Å². The number of carbonyl (C=O) groups excluding carboxylic acids is 1. The topological polar surface area (TPSA) is 68.0 Å². The van der Waals surface area contributed by atoms with Crippen molar-refractivity contribution in [3.8, 4) is 11.3 Å². The predicted octanol–water partition coefficient (Wildman–Crippen LogP) is 4.80. The van der Waals surface area contributed by atoms with Gasteiger partial charge >= 0.3 is 0 Å². The minimum Gasteiger partial charge on any atom is -0.375 e. The number of rotatable bonds is 3. The molecule has 0 saturated carbocycles. The predicted molar refractivity (Wildman–Crippen MR) is 104 cm³/mol. The Kier molecular flexibility index (Phi) is 3.91. The van der Waals surface area contributed by atoms with Crippen LogP contribution in [0.4, 0.5) is 10.1 Å². The molecule has 3 N–H and O–H groups in total. The quantitative estimate of drug-likeness (QED) is 0.560. The van der Waals surface area contributed by atoms with Gasteiger partial charge in [0.2, 0.25) is 0 Å². The molecule has 0 atom stereocenters. The first kappa shape index (κ1) is 15.4. The molecule has 0 radical (unpaired) electrons. The maximum atomic E-state index is 12.8. The summed E-state index contributed by atoms with van der Waals surface area (Å²) >= 11 is 1.27. The molecule has 0 saturated heterocycles. The number of nitrogens with zero attached hydrogens (tertiary/aromatic N) is 1. The van der Waals surface area contributed by atoms with Crippen molar-refractivity contribution in [3.05, 3.63) is 78.4 Å². The van der Waals surface area contributed by atoms with E-state index in [1.165, 1.54) is 11.3 Å². The van der Waals surface area contributed by atoms with Gasteiger partial charge in [-0.2, -0.15) is 0 Å². The number of hydrogen-bond acceptors (Lipinski definition) is 4. The number of nitrogens with two attached hydrogens (primary N) is 1. The Labute approximate surface area is 149 Å². The zero-order valence-electron chi connectivity index (χ0n) is 13.3. The molecular weight excluding hydrogens is 330 g/mol. The second-order valence-corrected chi connectivity index (χ2v) is 6.61. The molecule has 4 aromatic rings. The zero-order chi connectivity index (χ0) is 17.2. The highest BCUT2D eigenvalue weighted by Gasteiger charge is 2.16. The highest BCUT2D eigenvalue weighted by atomic mass is 32.1. The number of anilines is 2. The molecule has 0 unspecified atom stereocenters. The van der Waals surface area contributed by atoms with Crippen LogP contribution in [-0.2, 0) is 0 Å². The van der Waals surface area contributed by atoms with Crippen molar-refractivity contribution in [1.29, 1.82) is 0 Å². The van der Waals surface area contributed by atoms with Gasteiger partial charge in [-0.25, -0.2) is 4.98 Å². The minimum absolute atomic E-state index is 0.169. The zero-order valence-corrected chi connectivity index (χ0v) is 14.1. The van der Waals surface area contributed by atoms with E-state index in [-0.39, 0.29) is 5.91 Å². The summed E-state index contributed by atoms with van der Waals surface area (Å²) in [6.07, 6.45) is 0. The lowest BCUT2D eigenvalue weighted by molar-refractivity contribution is 0.102. The Morgan fingerprint density at radius 2 is 1.64 bits per heavy atom. The van der Waals surface area contributed by atoms with Gasteiger partial charge in [0.25, 0.3) is 5.91 Å². The number of thiazole rings is 1. The van der Waals surface area contributed by atoms with Crippen LogP contribution >= 0.6 is 11.3 Å². The third-order valence-corrected chi connectivity index (χ3v) is 4.75. The van der Waals surface area contributed by atoms with Gasteiger partial charge in [-0.05, 0) is 16.8 Å². The maximum Gasteiger partial charge on any atom is 0.256 e. The van der Waals surface area contributed by atoms with Gasteiger partial charge in [0.1, 0.15) is 10.7 Å². The standard InChI is InChI=1S/C20H15N3OS/c21-20-22-17(14-8-2-1-3-9-14)19(25-20)23-18(24)16-12-6-10-13-7-4-5-11-15(13)16/h1-12H,(H2,21,22)(H,23,24). The van der Waals surface area contributed by atoms with Crippen molar-refractivity contribution in [2.75, 3.05) is 11.1 Å². The van der Waals surface area contributed by atoms with E-state index in [0.717, 1.165) is 16.3 Å². The molecule has 5 heteroatoms. The van der Waals surface area contributed by atoms with Crippen LogP contribution in [0.2, 0.25) is 0 Å². The van der Waals surface area contributed by atoms with Gasteiger partial charge < -0.3 is 11.1 Å². The van der Waals surface area contributed by atoms with E-state index in [2.05, 4.69) is 10.3 Å². The van der Waals surface area contributed by atoms with Gasteiger partial charge in [0.05, 0.1) is 0 Å². The van der Waals surface area contributed by atoms with Crippen LogP contribution in [-0.4, -0.2) is 10.9 Å². The first-order valence-corrected chi connectivity index (χ1v) is 8.65. The summed E-state index contributed by atoms with van der Waals surface area (Å²) in [4.78, 5) is 17.2. The fourth-order valence-corrected chi connectivity index (χ4v) is 3.56. The highest BCUT2D eigenvalue weighted by molar-refractivity contribution is 7.20. The van der Waals surface area contributed by atoms with E-state index in [4.69, 9.17) is 5.73 Å². The normalized spacial score (nSPS) is 10.7. The van der Waals surface area contributed by atoms with E-state index < -0.39 is 0 Å². The van der Waals surface area contributed by atoms with Gasteiger partial charge in [-0.1, -0.05) is 78.1 Å². The van der Waals surface area contributed by atoms with Crippen molar-refractivity contribution in [2.24, 2.45) is 0 Å². The Balaban J connectivity index is 1.72. The number of nitrogens with one attached hydrogen (secondary N) is 1. The van der Waals surface area contributed by atoms with Crippen molar-refractivity contribution in [3.63, 3.8) is 0 Å². The molecule has 1 aromatic heterocycles. The fourth-order valence-electron chi connectivity index (χ4n) is 2.81. The summed E-state index contributed by atoms with van der Waals surface area (Å²) in [7, 11) is 0. The van der Waals surface area contributed by atoms with Crippen molar-refractivity contribution in [2.45, 2.75) is 0 Å². The van der Waals surface area contributed by atoms with Crippen LogP contribution in [0.25, 0.3) is 22.0 Å². The molecule has 0 aliphatic heterocycles. The van der Waals surface area contributed by atoms with Gasteiger partial charge in [-0.15, -0.1) is 0 Å². The Hall–Kier alpha value is -3.18. The summed E-state index contributed by atoms with van der Waals surface area (Å²) in [5.74, 6) is -0.169. The third-order valence-electron chi connectivity index (χ3n) is 3.95. The van der Waals surface area contributed by atoms with E-state index >= 15 is 0 Å². The number of hydrogen-bond donors (Lipinski definition) is 2. The second-order valence-electron chi connectivity index (χ2n) is 5.58. The number of carbonyl (C=O) groups is 1. The number of aromatic nitrogens is 1. The maximum absolute atomic E-state index is 12.8. The number of fused-ring (bicyclic) bond motifs is 1. The Bertz CT molecular complexity index is 1050. The monoisotopic (exact) mass is 345 g/mol. The molecule has 0 aliphatic carbocycles. The van der Waals surface area contributed by atoms with Gasteiger partial charge in [-0.3, -0.25) is 4.79 Å². The van der Waals surface area contributed by atoms with Crippen LogP contribution in [0.5, 0.6) is 0 Å².